The number of isothiocyanates is 2. The molecule has 2 amide bonds. The Morgan fingerprint density at radius 2 is 0.765 bits per heavy atom. The van der Waals surface area contributed by atoms with Gasteiger partial charge in [0.25, 0.3) is 11.8 Å². The number of benzene rings is 9. The number of thiocarbonyl (C=S) groups is 2. The van der Waals surface area contributed by atoms with E-state index in [1.165, 1.54) is 125 Å². The highest BCUT2D eigenvalue weighted by atomic mass is 35.5. The standard InChI is InChI=1S/C16H12F3N3O.2C9H6F3NS.C8H8F3N.C8H8O2.2C7H8N2O.C7H6O2.C5H4Cl2N2S.C5H6ClN3S.C2H2.6CH4O/c1-10-7-8-12(9-13(10)16(17,18)19)20-15-22-21-14(23-15)11-5-3-2-4-6-11;2*1-6-2-3-7(13-5-14)4-8(6)9(10,11)12;1-5-2-3-6(12)4-7(5)8(9,10)11;1-10-8(9)7-5-3-2-4-6-7;2*8-9-7(10)6-4-2-1-3-5-6;8-7(9)6-4-2-1-3-5-6;2*1-10-5-8-3(6)2-4(7)9-5;7*1-2/h2-9H,1H3,(H,20,22);2*2-4H,1H3;2-4H,12H2,1H3;2-6H,1H3;2*1-5H,8H2,(H,9,10);1-5H,(H,8,9);2H,1H3;2H,1H3,(H2,7,8,9);1-2H;6*2H,1H3/i;;;;;;;;;;1D;;;;;;. The lowest BCUT2D eigenvalue weighted by molar-refractivity contribution is -0.138. The number of carbonyl (C=O) groups excluding carboxylic acids is 3. The molecular formula is C89H98Cl3F12N15O13S4. The number of carbonyl (C=O) groups is 4. The van der Waals surface area contributed by atoms with Crippen molar-refractivity contribution in [1.82, 2.24) is 41.0 Å². The molecule has 9 aromatic carbocycles. The number of carboxylic acid groups (broad SMARTS) is 1. The third-order valence-electron chi connectivity index (χ3n) is 14.5. The summed E-state index contributed by atoms with van der Waals surface area (Å²) in [5.74, 6) is 8.81. The molecule has 12 aromatic rings. The van der Waals surface area contributed by atoms with Crippen molar-refractivity contribution in [2.24, 2.45) is 21.7 Å². The summed E-state index contributed by atoms with van der Waals surface area (Å²) in [5, 5.41) is 67.1. The number of methoxy groups -OCH3 is 1. The number of nitrogen functional groups attached to an aromatic ring is 4. The van der Waals surface area contributed by atoms with Gasteiger partial charge in [-0.15, -0.1) is 17.9 Å². The van der Waals surface area contributed by atoms with E-state index in [2.05, 4.69) is 81.0 Å². The summed E-state index contributed by atoms with van der Waals surface area (Å²) in [4.78, 5) is 65.1. The maximum Gasteiger partial charge on any atom is 0.416 e. The minimum atomic E-state index is -4.41. The number of aliphatic imine (C=N–C) groups is 2. The fraction of sp³-hybridized carbons (Fsp3) is 0.191. The largest absolute Gasteiger partial charge is 0.478 e. The second-order valence-corrected chi connectivity index (χ2v) is 26.3. The monoisotopic (exact) mass is 2050 g/mol. The summed E-state index contributed by atoms with van der Waals surface area (Å²) in [6.07, 6.45) is -7.92. The molecule has 0 spiro atoms. The number of aromatic nitrogens is 6. The number of amides is 2. The minimum Gasteiger partial charge on any atom is -0.478 e. The number of aryl methyl sites for hydroxylation is 4. The summed E-state index contributed by atoms with van der Waals surface area (Å²) >= 11 is 28.2. The number of nitrogens with two attached hydrogens (primary N) is 4. The molecule has 0 unspecified atom stereocenters. The van der Waals surface area contributed by atoms with Crippen LogP contribution in [0.1, 0.15) is 87.3 Å². The number of hydrogen-bond acceptors (Lipinski definition) is 29. The highest BCUT2D eigenvalue weighted by Crippen LogP contribution is 2.38. The highest BCUT2D eigenvalue weighted by Gasteiger charge is 2.35. The van der Waals surface area contributed by atoms with E-state index >= 15 is 0 Å². The zero-order valence-corrected chi connectivity index (χ0v) is 79.9. The van der Waals surface area contributed by atoms with Gasteiger partial charge in [0.1, 0.15) is 22.6 Å². The lowest BCUT2D eigenvalue weighted by Gasteiger charge is -2.11. The van der Waals surface area contributed by atoms with Crippen LogP contribution in [0.15, 0.2) is 261 Å². The average Bonchev–Trinajstić information content (AvgIpc) is 1.70. The number of thioether (sulfide) groups is 2. The Hall–Kier alpha value is -12.9. The number of alkyl halides is 12. The van der Waals surface area contributed by atoms with Crippen LogP contribution in [-0.2, 0) is 29.4 Å². The third-order valence-corrected chi connectivity index (χ3v) is 16.3. The van der Waals surface area contributed by atoms with Crippen molar-refractivity contribution in [3.63, 3.8) is 0 Å². The van der Waals surface area contributed by atoms with Crippen LogP contribution in [0.3, 0.4) is 0 Å². The second kappa shape index (κ2) is 75.4. The number of nitrogens with zero attached hydrogens (tertiary/aromatic N) is 8. The Morgan fingerprint density at radius 1 is 0.456 bits per heavy atom. The zero-order valence-electron chi connectivity index (χ0n) is 75.4. The number of ether oxygens (including phenoxy) is 1. The molecule has 0 saturated heterocycles. The Bertz CT molecular complexity index is 5260. The molecule has 0 fully saturated rings. The van der Waals surface area contributed by atoms with E-state index in [9.17, 15) is 71.9 Å². The van der Waals surface area contributed by atoms with Crippen LogP contribution in [0.2, 0.25) is 15.5 Å². The Kier molecular flexibility index (Phi) is 71.8. The molecule has 736 valence electrons. The maximum atomic E-state index is 12.9. The summed E-state index contributed by atoms with van der Waals surface area (Å²) < 4.78 is 165. The molecule has 28 nitrogen and oxygen atoms in total. The van der Waals surface area contributed by atoms with E-state index in [-0.39, 0.29) is 74.7 Å². The van der Waals surface area contributed by atoms with Crippen LogP contribution >= 0.6 is 82.8 Å². The van der Waals surface area contributed by atoms with Crippen molar-refractivity contribution in [1.29, 1.82) is 0 Å². The summed E-state index contributed by atoms with van der Waals surface area (Å²) in [5.41, 5.74) is 16.1. The number of hydrogen-bond donors (Lipinski definition) is 14. The van der Waals surface area contributed by atoms with E-state index in [0.717, 1.165) is 72.5 Å². The lowest BCUT2D eigenvalue weighted by Crippen LogP contribution is -2.29. The number of carboxylic acids is 1. The lowest BCUT2D eigenvalue weighted by atomic mass is 10.1. The maximum absolute atomic E-state index is 12.9. The smallest absolute Gasteiger partial charge is 0.416 e. The number of terminal acetylenes is 1. The predicted molar refractivity (Wildman–Crippen MR) is 515 cm³/mol. The quantitative estimate of drug-likeness (QED) is 0.00465. The molecule has 3 aromatic heterocycles. The van der Waals surface area contributed by atoms with Crippen molar-refractivity contribution >= 4 is 151 Å². The van der Waals surface area contributed by atoms with Gasteiger partial charge in [0, 0.05) is 82.9 Å². The number of aliphatic hydroxyl groups is 6. The Balaban J connectivity index is -0.000000469. The number of esters is 1. The molecule has 18 N–H and O–H groups in total. The third kappa shape index (κ3) is 56.3. The van der Waals surface area contributed by atoms with Gasteiger partial charge in [-0.1, -0.05) is 179 Å². The van der Waals surface area contributed by atoms with E-state index in [1.807, 2.05) is 70.1 Å². The summed E-state index contributed by atoms with van der Waals surface area (Å²) in [7, 11) is 7.37. The summed E-state index contributed by atoms with van der Waals surface area (Å²) in [6.45, 7) is 5.61. The number of anilines is 4. The number of aromatic carboxylic acids is 1. The molecule has 47 heteroatoms. The molecule has 0 atom stereocenters. The van der Waals surface area contributed by atoms with Crippen molar-refractivity contribution in [3.8, 4) is 24.3 Å². The minimum absolute atomic E-state index is 0.0285. The molecular weight excluding hydrogens is 1950 g/mol. The first-order chi connectivity index (χ1) is 64.9. The molecule has 0 saturated carbocycles. The van der Waals surface area contributed by atoms with Gasteiger partial charge in [0.05, 0.1) is 62.2 Å². The number of rotatable bonds is 11. The number of aliphatic hydroxyl groups excluding tert-OH is 6. The Morgan fingerprint density at radius 3 is 1.07 bits per heavy atom. The van der Waals surface area contributed by atoms with Crippen LogP contribution in [0, 0.1) is 40.5 Å². The van der Waals surface area contributed by atoms with Crippen molar-refractivity contribution in [3.05, 3.63) is 319 Å². The van der Waals surface area contributed by atoms with Gasteiger partial charge in [-0.3, -0.25) is 20.4 Å². The average molecular weight is 2050 g/mol. The Labute approximate surface area is 812 Å². The van der Waals surface area contributed by atoms with E-state index in [4.69, 9.17) is 99.5 Å². The molecule has 3 heterocycles. The first-order valence-electron chi connectivity index (χ1n) is 37.4. The van der Waals surface area contributed by atoms with Crippen LogP contribution in [0.25, 0.3) is 11.5 Å². The van der Waals surface area contributed by atoms with Crippen molar-refractivity contribution in [2.45, 2.75) is 62.7 Å². The number of halogens is 15. The van der Waals surface area contributed by atoms with Crippen molar-refractivity contribution in [2.75, 3.05) is 79.1 Å². The van der Waals surface area contributed by atoms with E-state index in [1.54, 1.807) is 115 Å². The fourth-order valence-corrected chi connectivity index (χ4v) is 10.4. The fourth-order valence-electron chi connectivity index (χ4n) is 8.71. The molecule has 12 rings (SSSR count). The van der Waals surface area contributed by atoms with Gasteiger partial charge in [0.2, 0.25) is 5.89 Å². The van der Waals surface area contributed by atoms with Gasteiger partial charge in [-0.05, 0) is 196 Å². The molecule has 0 aliphatic carbocycles. The molecule has 0 bridgehead atoms. The molecule has 0 aliphatic rings. The van der Waals surface area contributed by atoms with Crippen LogP contribution in [0.4, 0.5) is 87.3 Å². The SMILES string of the molecule is CO.CO.CO.CO.CO.CO.COC(=O)c1ccccc1.CSc1nc(Cl)cc(Cl)n1.CSc1nc(N)cc(Cl)n1.Cc1ccc(N)cc1C(F)(F)F.Cc1ccc(N=C=S)cc1C(F)(F)F.Cc1ccc(N=C=S)cc1C(F)(F)F.Cc1ccc(Nc2nnc(-c3ccccc3)o2)cc1C(F)(F)F.NNC(=O)c1ccccc1.NNC(=O)c1ccccc1.O=C(O)c1ccccc1.[2H]C#C. The zero-order chi connectivity index (χ0) is 106. The van der Waals surface area contributed by atoms with Gasteiger partial charge < -0.3 is 61.7 Å². The summed E-state index contributed by atoms with van der Waals surface area (Å²) in [6, 6.07) is 62.1. The molecule has 136 heavy (non-hydrogen) atoms. The first kappa shape index (κ1) is 129. The topological polar surface area (TPSA) is 474 Å². The van der Waals surface area contributed by atoms with Gasteiger partial charge in [-0.25, -0.2) is 41.2 Å². The van der Waals surface area contributed by atoms with Crippen LogP contribution in [-0.4, -0.2) is 162 Å². The molecule has 0 radical (unpaired) electrons. The van der Waals surface area contributed by atoms with Gasteiger partial charge >= 0.3 is 42.7 Å². The van der Waals surface area contributed by atoms with Crippen LogP contribution in [0.5, 0.6) is 0 Å². The van der Waals surface area contributed by atoms with Gasteiger partial charge in [0.15, 0.2) is 10.3 Å². The first-order valence-corrected chi connectivity index (χ1v) is 41.3. The highest BCUT2D eigenvalue weighted by molar-refractivity contribution is 7.98. The normalized spacial score (nSPS) is 9.54. The van der Waals surface area contributed by atoms with E-state index in [0.29, 0.717) is 53.8 Å². The predicted octanol–water partition coefficient (Wildman–Crippen LogP) is 20.2. The van der Waals surface area contributed by atoms with Crippen molar-refractivity contribution < 1.29 is 118 Å². The second-order valence-electron chi connectivity index (χ2n) is 23.2. The molecule has 0 aliphatic heterocycles. The van der Waals surface area contributed by atoms with Gasteiger partial charge in [-0.2, -0.15) is 62.7 Å². The van der Waals surface area contributed by atoms with Crippen LogP contribution < -0.4 is 39.3 Å². The number of hydrazine groups is 2. The number of nitrogens with one attached hydrogen (secondary N) is 3. The van der Waals surface area contributed by atoms with E-state index < -0.39 is 52.9 Å².